The Hall–Kier alpha value is -1.75. The van der Waals surface area contributed by atoms with Gasteiger partial charge in [-0.1, -0.05) is 18.2 Å². The van der Waals surface area contributed by atoms with Crippen molar-refractivity contribution in [1.82, 2.24) is 4.90 Å². The normalized spacial score (nSPS) is 10.5. The second-order valence-electron chi connectivity index (χ2n) is 4.55. The zero-order valence-electron chi connectivity index (χ0n) is 11.4. The van der Waals surface area contributed by atoms with Crippen molar-refractivity contribution in [2.75, 3.05) is 6.54 Å². The molecule has 5 heteroatoms. The van der Waals surface area contributed by atoms with Crippen LogP contribution in [0.2, 0.25) is 0 Å². The monoisotopic (exact) mass is 353 g/mol. The molecule has 0 aliphatic rings. The zero-order valence-corrected chi connectivity index (χ0v) is 13.0. The molecular formula is C16H14BrF2NO. The molecule has 0 fully saturated rings. The molecule has 0 saturated carbocycles. The molecular weight excluding hydrogens is 340 g/mol. The van der Waals surface area contributed by atoms with Gasteiger partial charge >= 0.3 is 0 Å². The van der Waals surface area contributed by atoms with Crippen molar-refractivity contribution >= 4 is 21.8 Å². The van der Waals surface area contributed by atoms with Crippen LogP contribution in [-0.4, -0.2) is 17.4 Å². The standard InChI is InChI=1S/C16H14BrF2NO/c1-2-20(10-11-5-3-6-12(18)9-11)16(21)13-7-4-8-14(19)15(13)17/h3-9H,2,10H2,1H3. The van der Waals surface area contributed by atoms with Crippen LogP contribution in [0.1, 0.15) is 22.8 Å². The van der Waals surface area contributed by atoms with Crippen LogP contribution in [-0.2, 0) is 6.54 Å². The molecule has 0 spiro atoms. The molecule has 0 aliphatic heterocycles. The third-order valence-corrected chi connectivity index (χ3v) is 3.92. The molecule has 0 aliphatic carbocycles. The van der Waals surface area contributed by atoms with Gasteiger partial charge in [-0.3, -0.25) is 4.79 Å². The molecule has 2 nitrogen and oxygen atoms in total. The smallest absolute Gasteiger partial charge is 0.255 e. The molecule has 2 aromatic rings. The van der Waals surface area contributed by atoms with Crippen molar-refractivity contribution in [2.24, 2.45) is 0 Å². The molecule has 0 bridgehead atoms. The Morgan fingerprint density at radius 2 is 1.90 bits per heavy atom. The summed E-state index contributed by atoms with van der Waals surface area (Å²) in [5.41, 5.74) is 0.950. The van der Waals surface area contributed by atoms with Crippen molar-refractivity contribution in [1.29, 1.82) is 0 Å². The van der Waals surface area contributed by atoms with E-state index in [1.165, 1.54) is 29.2 Å². The van der Waals surface area contributed by atoms with Crippen LogP contribution in [0.15, 0.2) is 46.9 Å². The summed E-state index contributed by atoms with van der Waals surface area (Å²) in [5.74, 6) is -1.13. The van der Waals surface area contributed by atoms with Gasteiger partial charge in [0.25, 0.3) is 5.91 Å². The largest absolute Gasteiger partial charge is 0.335 e. The molecule has 1 amide bonds. The minimum Gasteiger partial charge on any atom is -0.335 e. The van der Waals surface area contributed by atoms with Crippen molar-refractivity contribution in [2.45, 2.75) is 13.5 Å². The molecule has 0 saturated heterocycles. The highest BCUT2D eigenvalue weighted by Crippen LogP contribution is 2.22. The number of carbonyl (C=O) groups is 1. The molecule has 0 unspecified atom stereocenters. The second kappa shape index (κ2) is 6.80. The van der Waals surface area contributed by atoms with Crippen molar-refractivity contribution < 1.29 is 13.6 Å². The van der Waals surface area contributed by atoms with Gasteiger partial charge in [-0.2, -0.15) is 0 Å². The zero-order chi connectivity index (χ0) is 15.4. The van der Waals surface area contributed by atoms with Crippen LogP contribution in [0.25, 0.3) is 0 Å². The van der Waals surface area contributed by atoms with E-state index < -0.39 is 5.82 Å². The molecule has 2 aromatic carbocycles. The van der Waals surface area contributed by atoms with Gasteiger partial charge in [0.05, 0.1) is 10.0 Å². The molecule has 0 heterocycles. The molecule has 110 valence electrons. The Labute approximate surface area is 130 Å². The predicted molar refractivity (Wildman–Crippen MR) is 80.9 cm³/mol. The Morgan fingerprint density at radius 3 is 2.57 bits per heavy atom. The lowest BCUT2D eigenvalue weighted by Gasteiger charge is -2.21. The van der Waals surface area contributed by atoms with E-state index in [9.17, 15) is 13.6 Å². The maximum absolute atomic E-state index is 13.5. The van der Waals surface area contributed by atoms with Gasteiger partial charge in [0, 0.05) is 13.1 Å². The first-order chi connectivity index (χ1) is 10.0. The summed E-state index contributed by atoms with van der Waals surface area (Å²) < 4.78 is 26.9. The summed E-state index contributed by atoms with van der Waals surface area (Å²) in [6, 6.07) is 10.4. The summed E-state index contributed by atoms with van der Waals surface area (Å²) in [5, 5.41) is 0. The van der Waals surface area contributed by atoms with Gasteiger partial charge in [0.15, 0.2) is 0 Å². The predicted octanol–water partition coefficient (Wildman–Crippen LogP) is 4.39. The van der Waals surface area contributed by atoms with Crippen LogP contribution in [0.4, 0.5) is 8.78 Å². The van der Waals surface area contributed by atoms with Gasteiger partial charge < -0.3 is 4.90 Å². The molecule has 0 radical (unpaired) electrons. The van der Waals surface area contributed by atoms with E-state index in [0.717, 1.165) is 0 Å². The Kier molecular flexibility index (Phi) is 5.07. The number of nitrogens with zero attached hydrogens (tertiary/aromatic N) is 1. The highest BCUT2D eigenvalue weighted by Gasteiger charge is 2.19. The van der Waals surface area contributed by atoms with E-state index in [4.69, 9.17) is 0 Å². The van der Waals surface area contributed by atoms with Crippen molar-refractivity contribution in [3.63, 3.8) is 0 Å². The highest BCUT2D eigenvalue weighted by molar-refractivity contribution is 9.10. The first-order valence-corrected chi connectivity index (χ1v) is 7.30. The van der Waals surface area contributed by atoms with Crippen LogP contribution >= 0.6 is 15.9 Å². The van der Waals surface area contributed by atoms with Crippen molar-refractivity contribution in [3.05, 3.63) is 69.7 Å². The lowest BCUT2D eigenvalue weighted by Crippen LogP contribution is -2.30. The number of carbonyl (C=O) groups excluding carboxylic acids is 1. The summed E-state index contributed by atoms with van der Waals surface area (Å²) in [6.45, 7) is 2.54. The average molecular weight is 354 g/mol. The van der Waals surface area contributed by atoms with E-state index >= 15 is 0 Å². The van der Waals surface area contributed by atoms with Gasteiger partial charge in [0.2, 0.25) is 0 Å². The molecule has 0 atom stereocenters. The first kappa shape index (κ1) is 15.6. The number of amides is 1. The van der Waals surface area contributed by atoms with Gasteiger partial charge in [-0.25, -0.2) is 8.78 Å². The van der Waals surface area contributed by atoms with Crippen LogP contribution < -0.4 is 0 Å². The van der Waals surface area contributed by atoms with Crippen LogP contribution in [0.3, 0.4) is 0 Å². The third-order valence-electron chi connectivity index (χ3n) is 3.11. The van der Waals surface area contributed by atoms with E-state index in [2.05, 4.69) is 15.9 Å². The van der Waals surface area contributed by atoms with Gasteiger partial charge in [-0.05, 0) is 52.7 Å². The minimum absolute atomic E-state index is 0.146. The molecule has 21 heavy (non-hydrogen) atoms. The van der Waals surface area contributed by atoms with Crippen LogP contribution in [0.5, 0.6) is 0 Å². The minimum atomic E-state index is -0.484. The second-order valence-corrected chi connectivity index (χ2v) is 5.34. The van der Waals surface area contributed by atoms with Gasteiger partial charge in [-0.15, -0.1) is 0 Å². The average Bonchev–Trinajstić information content (AvgIpc) is 2.47. The third kappa shape index (κ3) is 3.67. The Morgan fingerprint density at radius 1 is 1.19 bits per heavy atom. The van der Waals surface area contributed by atoms with Gasteiger partial charge in [0.1, 0.15) is 11.6 Å². The Bertz CT molecular complexity index is 660. The maximum atomic E-state index is 13.5. The number of halogens is 3. The summed E-state index contributed by atoms with van der Waals surface area (Å²) in [4.78, 5) is 14.0. The fourth-order valence-corrected chi connectivity index (χ4v) is 2.46. The first-order valence-electron chi connectivity index (χ1n) is 6.50. The molecule has 0 N–H and O–H groups in total. The fourth-order valence-electron chi connectivity index (χ4n) is 2.02. The summed E-state index contributed by atoms with van der Waals surface area (Å²) in [6.07, 6.45) is 0. The lowest BCUT2D eigenvalue weighted by molar-refractivity contribution is 0.0751. The summed E-state index contributed by atoms with van der Waals surface area (Å²) in [7, 11) is 0. The number of hydrogen-bond acceptors (Lipinski definition) is 1. The summed E-state index contributed by atoms with van der Waals surface area (Å²) >= 11 is 3.09. The number of benzene rings is 2. The topological polar surface area (TPSA) is 20.3 Å². The maximum Gasteiger partial charge on any atom is 0.255 e. The van der Waals surface area contributed by atoms with Crippen molar-refractivity contribution in [3.8, 4) is 0 Å². The van der Waals surface area contributed by atoms with E-state index in [1.807, 2.05) is 6.92 Å². The van der Waals surface area contributed by atoms with E-state index in [1.54, 1.807) is 18.2 Å². The highest BCUT2D eigenvalue weighted by atomic mass is 79.9. The number of hydrogen-bond donors (Lipinski definition) is 0. The Balaban J connectivity index is 2.25. The SMILES string of the molecule is CCN(Cc1cccc(F)c1)C(=O)c1cccc(F)c1Br. The van der Waals surface area contributed by atoms with E-state index in [-0.39, 0.29) is 28.3 Å². The number of rotatable bonds is 4. The van der Waals surface area contributed by atoms with Crippen LogP contribution in [0, 0.1) is 11.6 Å². The quantitative estimate of drug-likeness (QED) is 0.798. The molecule has 2 rings (SSSR count). The lowest BCUT2D eigenvalue weighted by atomic mass is 10.1. The molecule has 0 aromatic heterocycles. The fraction of sp³-hybridized carbons (Fsp3) is 0.188. The van der Waals surface area contributed by atoms with E-state index in [0.29, 0.717) is 12.1 Å².